The second-order valence-electron chi connectivity index (χ2n) is 4.55. The third kappa shape index (κ3) is 3.89. The van der Waals surface area contributed by atoms with Gasteiger partial charge in [0.1, 0.15) is 0 Å². The average Bonchev–Trinajstić information content (AvgIpc) is 2.53. The third-order valence-electron chi connectivity index (χ3n) is 3.17. The van der Waals surface area contributed by atoms with Crippen molar-refractivity contribution < 1.29 is 19.2 Å². The van der Waals surface area contributed by atoms with Gasteiger partial charge in [-0.15, -0.1) is 0 Å². The van der Waals surface area contributed by atoms with Crippen molar-refractivity contribution in [3.05, 3.63) is 33.9 Å². The Bertz CT molecular complexity index is 529. The molecule has 0 aliphatic carbocycles. The van der Waals surface area contributed by atoms with Crippen LogP contribution in [-0.4, -0.2) is 48.6 Å². The van der Waals surface area contributed by atoms with E-state index in [9.17, 15) is 14.9 Å². The lowest BCUT2D eigenvalue weighted by molar-refractivity contribution is -0.385. The molecule has 114 valence electrons. The first-order valence-electron chi connectivity index (χ1n) is 6.57. The summed E-state index contributed by atoms with van der Waals surface area (Å²) in [5.41, 5.74) is 5.90. The Kier molecular flexibility index (Phi) is 5.07. The number of amides is 1. The van der Waals surface area contributed by atoms with Crippen LogP contribution in [0.5, 0.6) is 5.75 Å². The standard InChI is InChI=1S/C13H17N3O5/c14-8-10-1-2-12(11(7-10)16(18)19)21-9-13(17)15-3-5-20-6-4-15/h1-2,7H,3-6,8-9,14H2. The van der Waals surface area contributed by atoms with E-state index < -0.39 is 4.92 Å². The summed E-state index contributed by atoms with van der Waals surface area (Å²) in [6.07, 6.45) is 0. The molecule has 1 aliphatic heterocycles. The second-order valence-corrected chi connectivity index (χ2v) is 4.55. The first kappa shape index (κ1) is 15.2. The van der Waals surface area contributed by atoms with Crippen LogP contribution in [0.1, 0.15) is 5.56 Å². The molecule has 1 heterocycles. The van der Waals surface area contributed by atoms with E-state index in [1.807, 2.05) is 0 Å². The summed E-state index contributed by atoms with van der Waals surface area (Å²) < 4.78 is 10.5. The van der Waals surface area contributed by atoms with Crippen LogP contribution in [-0.2, 0) is 16.1 Å². The van der Waals surface area contributed by atoms with Gasteiger partial charge in [-0.25, -0.2) is 0 Å². The molecule has 0 radical (unpaired) electrons. The van der Waals surface area contributed by atoms with Gasteiger partial charge in [-0.1, -0.05) is 6.07 Å². The van der Waals surface area contributed by atoms with E-state index in [0.29, 0.717) is 31.9 Å². The number of carbonyl (C=O) groups excluding carboxylic acids is 1. The Morgan fingerprint density at radius 3 is 2.76 bits per heavy atom. The number of benzene rings is 1. The van der Waals surface area contributed by atoms with Crippen molar-refractivity contribution in [3.8, 4) is 5.75 Å². The maximum absolute atomic E-state index is 11.9. The Morgan fingerprint density at radius 2 is 2.14 bits per heavy atom. The number of carbonyl (C=O) groups is 1. The number of nitro benzene ring substituents is 1. The molecule has 2 rings (SSSR count). The molecule has 1 aromatic carbocycles. The van der Waals surface area contributed by atoms with Crippen LogP contribution in [0.15, 0.2) is 18.2 Å². The minimum Gasteiger partial charge on any atom is -0.477 e. The molecule has 0 aromatic heterocycles. The Hall–Kier alpha value is -2.19. The van der Waals surface area contributed by atoms with Crippen molar-refractivity contribution in [1.29, 1.82) is 0 Å². The summed E-state index contributed by atoms with van der Waals surface area (Å²) in [6, 6.07) is 4.46. The van der Waals surface area contributed by atoms with Gasteiger partial charge >= 0.3 is 5.69 Å². The first-order chi connectivity index (χ1) is 10.1. The fourth-order valence-corrected chi connectivity index (χ4v) is 2.00. The van der Waals surface area contributed by atoms with Gasteiger partial charge in [0.2, 0.25) is 0 Å². The van der Waals surface area contributed by atoms with Crippen molar-refractivity contribution in [2.24, 2.45) is 5.73 Å². The van der Waals surface area contributed by atoms with E-state index in [1.54, 1.807) is 11.0 Å². The lowest BCUT2D eigenvalue weighted by Gasteiger charge is -2.26. The van der Waals surface area contributed by atoms with Crippen molar-refractivity contribution in [3.63, 3.8) is 0 Å². The maximum atomic E-state index is 11.9. The van der Waals surface area contributed by atoms with Crippen molar-refractivity contribution in [2.45, 2.75) is 6.54 Å². The molecule has 1 aromatic rings. The summed E-state index contributed by atoms with van der Waals surface area (Å²) in [7, 11) is 0. The van der Waals surface area contributed by atoms with Crippen LogP contribution in [0.3, 0.4) is 0 Å². The van der Waals surface area contributed by atoms with Crippen LogP contribution in [0.2, 0.25) is 0 Å². The van der Waals surface area contributed by atoms with Gasteiger partial charge in [-0.2, -0.15) is 0 Å². The molecule has 0 atom stereocenters. The summed E-state index contributed by atoms with van der Waals surface area (Å²) >= 11 is 0. The summed E-state index contributed by atoms with van der Waals surface area (Å²) in [4.78, 5) is 24.0. The van der Waals surface area contributed by atoms with Gasteiger partial charge in [0.15, 0.2) is 12.4 Å². The molecule has 1 saturated heterocycles. The Balaban J connectivity index is 2.02. The smallest absolute Gasteiger partial charge is 0.311 e. The fourth-order valence-electron chi connectivity index (χ4n) is 2.00. The van der Waals surface area contributed by atoms with Gasteiger partial charge in [-0.05, 0) is 11.6 Å². The molecule has 8 nitrogen and oxygen atoms in total. The van der Waals surface area contributed by atoms with E-state index >= 15 is 0 Å². The SMILES string of the molecule is NCc1ccc(OCC(=O)N2CCOCC2)c([N+](=O)[O-])c1. The molecule has 0 unspecified atom stereocenters. The van der Waals surface area contributed by atoms with E-state index in [4.69, 9.17) is 15.2 Å². The molecule has 0 spiro atoms. The molecular weight excluding hydrogens is 278 g/mol. The maximum Gasteiger partial charge on any atom is 0.311 e. The number of ether oxygens (including phenoxy) is 2. The molecular formula is C13H17N3O5. The number of hydrogen-bond donors (Lipinski definition) is 1. The van der Waals surface area contributed by atoms with Gasteiger partial charge in [0, 0.05) is 25.7 Å². The van der Waals surface area contributed by atoms with Crippen LogP contribution in [0, 0.1) is 10.1 Å². The third-order valence-corrected chi connectivity index (χ3v) is 3.17. The minimum absolute atomic E-state index is 0.0683. The van der Waals surface area contributed by atoms with Crippen LogP contribution in [0.4, 0.5) is 5.69 Å². The zero-order valence-corrected chi connectivity index (χ0v) is 11.5. The predicted octanol–water partition coefficient (Wildman–Crippen LogP) is 0.291. The molecule has 21 heavy (non-hydrogen) atoms. The van der Waals surface area contributed by atoms with Crippen LogP contribution < -0.4 is 10.5 Å². The van der Waals surface area contributed by atoms with Crippen LogP contribution >= 0.6 is 0 Å². The van der Waals surface area contributed by atoms with Gasteiger partial charge in [0.05, 0.1) is 18.1 Å². The van der Waals surface area contributed by atoms with E-state index in [-0.39, 0.29) is 30.5 Å². The number of nitrogens with zero attached hydrogens (tertiary/aromatic N) is 2. The van der Waals surface area contributed by atoms with E-state index in [2.05, 4.69) is 0 Å². The average molecular weight is 295 g/mol. The van der Waals surface area contributed by atoms with Crippen molar-refractivity contribution in [2.75, 3.05) is 32.9 Å². The molecule has 1 fully saturated rings. The summed E-state index contributed by atoms with van der Waals surface area (Å²) in [5.74, 6) is -0.144. The molecule has 1 aliphatic rings. The van der Waals surface area contributed by atoms with Gasteiger partial charge in [0.25, 0.3) is 5.91 Å². The largest absolute Gasteiger partial charge is 0.477 e. The van der Waals surface area contributed by atoms with E-state index in [0.717, 1.165) is 0 Å². The zero-order valence-electron chi connectivity index (χ0n) is 11.5. The number of hydrogen-bond acceptors (Lipinski definition) is 6. The molecule has 0 bridgehead atoms. The summed E-state index contributed by atoms with van der Waals surface area (Å²) in [5, 5.41) is 11.0. The normalized spacial score (nSPS) is 14.8. The van der Waals surface area contributed by atoms with Gasteiger partial charge < -0.3 is 20.1 Å². The highest BCUT2D eigenvalue weighted by molar-refractivity contribution is 5.78. The highest BCUT2D eigenvalue weighted by Gasteiger charge is 2.20. The fraction of sp³-hybridized carbons (Fsp3) is 0.462. The second kappa shape index (κ2) is 7.00. The molecule has 0 saturated carbocycles. The zero-order chi connectivity index (χ0) is 15.2. The Labute approximate surface area is 121 Å². The van der Waals surface area contributed by atoms with Gasteiger partial charge in [-0.3, -0.25) is 14.9 Å². The number of nitro groups is 1. The highest BCUT2D eigenvalue weighted by atomic mass is 16.6. The lowest BCUT2D eigenvalue weighted by Crippen LogP contribution is -2.43. The monoisotopic (exact) mass is 295 g/mol. The van der Waals surface area contributed by atoms with Crippen molar-refractivity contribution >= 4 is 11.6 Å². The number of rotatable bonds is 5. The lowest BCUT2D eigenvalue weighted by atomic mass is 10.2. The molecule has 8 heteroatoms. The molecule has 1 amide bonds. The first-order valence-corrected chi connectivity index (χ1v) is 6.57. The summed E-state index contributed by atoms with van der Waals surface area (Å²) in [6.45, 7) is 1.98. The van der Waals surface area contributed by atoms with Crippen molar-refractivity contribution in [1.82, 2.24) is 4.90 Å². The number of morpholine rings is 1. The molecule has 2 N–H and O–H groups in total. The Morgan fingerprint density at radius 1 is 1.43 bits per heavy atom. The van der Waals surface area contributed by atoms with E-state index in [1.165, 1.54) is 12.1 Å². The predicted molar refractivity (Wildman–Crippen MR) is 73.9 cm³/mol. The van der Waals surface area contributed by atoms with Crippen LogP contribution in [0.25, 0.3) is 0 Å². The minimum atomic E-state index is -0.548. The topological polar surface area (TPSA) is 108 Å². The quantitative estimate of drug-likeness (QED) is 0.618. The number of nitrogens with two attached hydrogens (primary N) is 1. The highest BCUT2D eigenvalue weighted by Crippen LogP contribution is 2.27.